The average Bonchev–Trinajstić information content (AvgIpc) is 2.65. The van der Waals surface area contributed by atoms with Gasteiger partial charge in [0.05, 0.1) is 0 Å². The van der Waals surface area contributed by atoms with E-state index in [9.17, 15) is 4.79 Å². The van der Waals surface area contributed by atoms with Crippen LogP contribution in [-0.2, 0) is 4.79 Å². The van der Waals surface area contributed by atoms with Crippen LogP contribution < -0.4 is 5.32 Å². The van der Waals surface area contributed by atoms with E-state index in [0.717, 1.165) is 11.3 Å². The zero-order valence-electron chi connectivity index (χ0n) is 11.6. The molecule has 1 amide bonds. The van der Waals surface area contributed by atoms with Crippen molar-refractivity contribution >= 4 is 34.2 Å². The molecule has 0 heterocycles. The van der Waals surface area contributed by atoms with Gasteiger partial charge in [-0.05, 0) is 58.0 Å². The summed E-state index contributed by atoms with van der Waals surface area (Å²) < 4.78 is 1.18. The average molecular weight is 357 g/mol. The van der Waals surface area contributed by atoms with Crippen molar-refractivity contribution in [3.8, 4) is 0 Å². The number of hydrogen-bond acceptors (Lipinski definition) is 1. The molecule has 3 heteroatoms. The smallest absolute Gasteiger partial charge is 0.228 e. The summed E-state index contributed by atoms with van der Waals surface area (Å²) in [5.74, 6) is 0.248. The molecule has 0 aromatic heterocycles. The SMILES string of the molecule is Cc1c(I)cccc1NC(=O)C1C(C)(C)C1(C)C. The molecule has 0 atom stereocenters. The van der Waals surface area contributed by atoms with Crippen molar-refractivity contribution in [1.29, 1.82) is 0 Å². The summed E-state index contributed by atoms with van der Waals surface area (Å²) >= 11 is 2.29. The fraction of sp³-hybridized carbons (Fsp3) is 0.533. The lowest BCUT2D eigenvalue weighted by atomic mass is 10.0. The van der Waals surface area contributed by atoms with Crippen molar-refractivity contribution in [1.82, 2.24) is 0 Å². The number of anilines is 1. The Morgan fingerprint density at radius 2 is 1.78 bits per heavy atom. The summed E-state index contributed by atoms with van der Waals surface area (Å²) in [4.78, 5) is 12.4. The van der Waals surface area contributed by atoms with Crippen molar-refractivity contribution < 1.29 is 4.79 Å². The van der Waals surface area contributed by atoms with Gasteiger partial charge in [0.25, 0.3) is 0 Å². The second kappa shape index (κ2) is 4.22. The van der Waals surface area contributed by atoms with Crippen molar-refractivity contribution in [3.63, 3.8) is 0 Å². The monoisotopic (exact) mass is 357 g/mol. The number of benzene rings is 1. The predicted octanol–water partition coefficient (Wildman–Crippen LogP) is 4.22. The molecule has 0 unspecified atom stereocenters. The second-order valence-electron chi connectivity index (χ2n) is 6.28. The molecule has 1 aromatic carbocycles. The Bertz CT molecular complexity index is 491. The minimum absolute atomic E-state index is 0.0902. The van der Waals surface area contributed by atoms with Crippen LogP contribution >= 0.6 is 22.6 Å². The van der Waals surface area contributed by atoms with Gasteiger partial charge in [0.2, 0.25) is 5.91 Å². The Hall–Kier alpha value is -0.580. The molecule has 0 saturated heterocycles. The van der Waals surface area contributed by atoms with Crippen LogP contribution in [0.2, 0.25) is 0 Å². The third-order valence-corrected chi connectivity index (χ3v) is 5.98. The molecular formula is C15H20INO. The van der Waals surface area contributed by atoms with Crippen molar-refractivity contribution in [3.05, 3.63) is 27.3 Å². The Morgan fingerprint density at radius 3 is 2.28 bits per heavy atom. The molecule has 1 aromatic rings. The van der Waals surface area contributed by atoms with Gasteiger partial charge in [-0.15, -0.1) is 0 Å². The summed E-state index contributed by atoms with van der Waals surface area (Å²) in [6.45, 7) is 10.7. The molecule has 1 fully saturated rings. The second-order valence-corrected chi connectivity index (χ2v) is 7.44. The number of rotatable bonds is 2. The molecule has 0 spiro atoms. The Kier molecular flexibility index (Phi) is 3.24. The van der Waals surface area contributed by atoms with Gasteiger partial charge in [-0.25, -0.2) is 0 Å². The maximum Gasteiger partial charge on any atom is 0.228 e. The summed E-state index contributed by atoms with van der Waals surface area (Å²) in [5, 5.41) is 3.08. The molecule has 1 aliphatic rings. The lowest BCUT2D eigenvalue weighted by molar-refractivity contribution is -0.118. The van der Waals surface area contributed by atoms with Crippen molar-refractivity contribution in [2.45, 2.75) is 34.6 Å². The lowest BCUT2D eigenvalue weighted by Gasteiger charge is -2.10. The van der Waals surface area contributed by atoms with E-state index in [-0.39, 0.29) is 22.7 Å². The minimum atomic E-state index is 0.0902. The fourth-order valence-corrected chi connectivity index (χ4v) is 3.30. The molecule has 2 rings (SSSR count). The van der Waals surface area contributed by atoms with Crippen LogP contribution in [-0.4, -0.2) is 5.91 Å². The molecule has 1 aliphatic carbocycles. The first-order valence-electron chi connectivity index (χ1n) is 6.25. The van der Waals surface area contributed by atoms with Gasteiger partial charge in [0.15, 0.2) is 0 Å². The maximum absolute atomic E-state index is 12.4. The third-order valence-electron chi connectivity index (χ3n) is 4.81. The molecule has 2 nitrogen and oxygen atoms in total. The van der Waals surface area contributed by atoms with Crippen LogP contribution in [0, 0.1) is 27.2 Å². The number of nitrogens with one attached hydrogen (secondary N) is 1. The molecule has 0 aliphatic heterocycles. The molecule has 0 radical (unpaired) electrons. The van der Waals surface area contributed by atoms with E-state index in [1.54, 1.807) is 0 Å². The van der Waals surface area contributed by atoms with Gasteiger partial charge in [-0.3, -0.25) is 4.79 Å². The van der Waals surface area contributed by atoms with Gasteiger partial charge in [0.1, 0.15) is 0 Å². The van der Waals surface area contributed by atoms with Gasteiger partial charge in [-0.1, -0.05) is 33.8 Å². The van der Waals surface area contributed by atoms with Gasteiger partial charge in [0, 0.05) is 15.2 Å². The molecular weight excluding hydrogens is 337 g/mol. The third kappa shape index (κ3) is 1.96. The highest BCUT2D eigenvalue weighted by atomic mass is 127. The van der Waals surface area contributed by atoms with E-state index >= 15 is 0 Å². The van der Waals surface area contributed by atoms with Gasteiger partial charge < -0.3 is 5.32 Å². The number of carbonyl (C=O) groups is 1. The first kappa shape index (κ1) is 13.8. The van der Waals surface area contributed by atoms with Crippen LogP contribution in [0.25, 0.3) is 0 Å². The number of halogens is 1. The van der Waals surface area contributed by atoms with Crippen molar-refractivity contribution in [2.24, 2.45) is 16.7 Å². The van der Waals surface area contributed by atoms with Gasteiger partial charge >= 0.3 is 0 Å². The van der Waals surface area contributed by atoms with E-state index in [1.165, 1.54) is 3.57 Å². The Morgan fingerprint density at radius 1 is 1.22 bits per heavy atom. The number of amides is 1. The van der Waals surface area contributed by atoms with Gasteiger partial charge in [-0.2, -0.15) is 0 Å². The molecule has 0 bridgehead atoms. The minimum Gasteiger partial charge on any atom is -0.326 e. The first-order valence-corrected chi connectivity index (χ1v) is 7.33. The van der Waals surface area contributed by atoms with Crippen LogP contribution in [0.3, 0.4) is 0 Å². The Labute approximate surface area is 123 Å². The zero-order chi connectivity index (χ0) is 13.7. The van der Waals surface area contributed by atoms with Crippen LogP contribution in [0.15, 0.2) is 18.2 Å². The Balaban J connectivity index is 2.17. The highest BCUT2D eigenvalue weighted by Gasteiger charge is 2.68. The summed E-state index contributed by atoms with van der Waals surface area (Å²) in [5.41, 5.74) is 2.26. The fourth-order valence-electron chi connectivity index (χ4n) is 2.80. The lowest BCUT2D eigenvalue weighted by Crippen LogP contribution is -2.18. The predicted molar refractivity (Wildman–Crippen MR) is 83.6 cm³/mol. The highest BCUT2D eigenvalue weighted by Crippen LogP contribution is 2.68. The summed E-state index contributed by atoms with van der Waals surface area (Å²) in [6.07, 6.45) is 0. The number of carbonyl (C=O) groups excluding carboxylic acids is 1. The summed E-state index contributed by atoms with van der Waals surface area (Å²) in [6, 6.07) is 6.00. The molecule has 1 N–H and O–H groups in total. The van der Waals surface area contributed by atoms with E-state index < -0.39 is 0 Å². The van der Waals surface area contributed by atoms with E-state index in [0.29, 0.717) is 0 Å². The number of hydrogen-bond donors (Lipinski definition) is 1. The topological polar surface area (TPSA) is 29.1 Å². The molecule has 98 valence electrons. The van der Waals surface area contributed by atoms with E-state index in [4.69, 9.17) is 0 Å². The summed E-state index contributed by atoms with van der Waals surface area (Å²) in [7, 11) is 0. The van der Waals surface area contributed by atoms with E-state index in [2.05, 4.69) is 61.7 Å². The standard InChI is InChI=1S/C15H20INO/c1-9-10(16)7-6-8-11(9)17-13(18)12-14(2,3)15(12,4)5/h6-8,12H,1-5H3,(H,17,18). The first-order chi connectivity index (χ1) is 8.19. The maximum atomic E-state index is 12.4. The molecule has 18 heavy (non-hydrogen) atoms. The molecule has 1 saturated carbocycles. The van der Waals surface area contributed by atoms with Crippen LogP contribution in [0.4, 0.5) is 5.69 Å². The van der Waals surface area contributed by atoms with Crippen LogP contribution in [0.1, 0.15) is 33.3 Å². The normalized spacial score (nSPS) is 20.6. The van der Waals surface area contributed by atoms with Crippen molar-refractivity contribution in [2.75, 3.05) is 5.32 Å². The highest BCUT2D eigenvalue weighted by molar-refractivity contribution is 14.1. The largest absolute Gasteiger partial charge is 0.326 e. The van der Waals surface area contributed by atoms with E-state index in [1.807, 2.05) is 19.1 Å². The zero-order valence-corrected chi connectivity index (χ0v) is 13.8. The van der Waals surface area contributed by atoms with Crippen LogP contribution in [0.5, 0.6) is 0 Å². The quantitative estimate of drug-likeness (QED) is 0.789.